The van der Waals surface area contributed by atoms with Crippen molar-refractivity contribution in [3.63, 3.8) is 0 Å². The van der Waals surface area contributed by atoms with E-state index in [1.54, 1.807) is 0 Å². The number of hydrogen-bond donors (Lipinski definition) is 2. The molecule has 0 aliphatic rings. The minimum atomic E-state index is 0.779. The highest BCUT2D eigenvalue weighted by Crippen LogP contribution is 2.26. The number of pyridine rings is 1. The molecule has 0 aliphatic heterocycles. The molecule has 0 bridgehead atoms. The van der Waals surface area contributed by atoms with Crippen molar-refractivity contribution in [2.24, 2.45) is 0 Å². The highest BCUT2D eigenvalue weighted by molar-refractivity contribution is 5.93. The van der Waals surface area contributed by atoms with Crippen molar-refractivity contribution >= 4 is 22.3 Å². The van der Waals surface area contributed by atoms with Crippen LogP contribution in [0.5, 0.6) is 0 Å². The zero-order valence-corrected chi connectivity index (χ0v) is 17.6. The maximum atomic E-state index is 4.54. The summed E-state index contributed by atoms with van der Waals surface area (Å²) in [5.41, 5.74) is 7.13. The molecule has 152 valence electrons. The Bertz CT molecular complexity index is 1110. The Balaban J connectivity index is 1.40. The molecule has 0 amide bonds. The summed E-state index contributed by atoms with van der Waals surface area (Å²) in [7, 11) is 4.09. The van der Waals surface area contributed by atoms with E-state index in [1.165, 1.54) is 16.7 Å². The summed E-state index contributed by atoms with van der Waals surface area (Å²) < 4.78 is 0. The fraction of sp³-hybridized carbons (Fsp3) is 0.192. The van der Waals surface area contributed by atoms with E-state index in [9.17, 15) is 0 Å². The van der Waals surface area contributed by atoms with Gasteiger partial charge < -0.3 is 15.5 Å². The van der Waals surface area contributed by atoms with E-state index in [1.807, 2.05) is 32.4 Å². The van der Waals surface area contributed by atoms with Crippen molar-refractivity contribution in [1.82, 2.24) is 10.3 Å². The van der Waals surface area contributed by atoms with Crippen LogP contribution >= 0.6 is 0 Å². The monoisotopic (exact) mass is 396 g/mol. The molecule has 0 saturated heterocycles. The molecule has 4 rings (SSSR count). The zero-order chi connectivity index (χ0) is 20.8. The fourth-order valence-corrected chi connectivity index (χ4v) is 3.56. The Morgan fingerprint density at radius 2 is 1.47 bits per heavy atom. The molecule has 4 nitrogen and oxygen atoms in total. The lowest BCUT2D eigenvalue weighted by Gasteiger charge is -2.15. The molecule has 4 aromatic rings. The van der Waals surface area contributed by atoms with Gasteiger partial charge in [0, 0.05) is 56.7 Å². The van der Waals surface area contributed by atoms with Crippen LogP contribution in [0.4, 0.5) is 11.4 Å². The van der Waals surface area contributed by atoms with Gasteiger partial charge in [-0.3, -0.25) is 4.98 Å². The largest absolute Gasteiger partial charge is 0.380 e. The van der Waals surface area contributed by atoms with Gasteiger partial charge >= 0.3 is 0 Å². The number of hydrogen-bond acceptors (Lipinski definition) is 4. The number of anilines is 2. The second kappa shape index (κ2) is 9.42. The third-order valence-electron chi connectivity index (χ3n) is 5.22. The number of benzene rings is 3. The van der Waals surface area contributed by atoms with E-state index in [4.69, 9.17) is 0 Å². The van der Waals surface area contributed by atoms with Gasteiger partial charge in [-0.15, -0.1) is 0 Å². The molecule has 0 unspecified atom stereocenters. The maximum Gasteiger partial charge on any atom is 0.0743 e. The summed E-state index contributed by atoms with van der Waals surface area (Å²) >= 11 is 0. The molecule has 0 radical (unpaired) electrons. The standard InChI is InChI=1S/C26H28N4/c1-30(2)23-11-12-24-25(13-14-28-26(24)16-23)29-19-22-10-6-9-21(15-22)18-27-17-20-7-4-3-5-8-20/h3-16,27H,17-19H2,1-2H3,(H,28,29). The highest BCUT2D eigenvalue weighted by Gasteiger charge is 2.05. The van der Waals surface area contributed by atoms with Gasteiger partial charge in [0.1, 0.15) is 0 Å². The first-order valence-corrected chi connectivity index (χ1v) is 10.3. The minimum absolute atomic E-state index is 0.779. The normalized spacial score (nSPS) is 10.9. The molecule has 1 aromatic heterocycles. The zero-order valence-electron chi connectivity index (χ0n) is 17.6. The second-order valence-corrected chi connectivity index (χ2v) is 7.72. The number of nitrogens with zero attached hydrogens (tertiary/aromatic N) is 2. The van der Waals surface area contributed by atoms with Gasteiger partial charge in [0.25, 0.3) is 0 Å². The molecule has 30 heavy (non-hydrogen) atoms. The summed E-state index contributed by atoms with van der Waals surface area (Å²) in [4.78, 5) is 6.63. The topological polar surface area (TPSA) is 40.2 Å². The first kappa shape index (κ1) is 19.9. The lowest BCUT2D eigenvalue weighted by atomic mass is 10.1. The molecule has 1 heterocycles. The molecule has 3 aromatic carbocycles. The van der Waals surface area contributed by atoms with Crippen LogP contribution in [0.1, 0.15) is 16.7 Å². The quantitative estimate of drug-likeness (QED) is 0.429. The predicted octanol–water partition coefficient (Wildman–Crippen LogP) is 5.20. The summed E-state index contributed by atoms with van der Waals surface area (Å²) in [6, 6.07) is 27.7. The summed E-state index contributed by atoms with van der Waals surface area (Å²) in [6.07, 6.45) is 1.87. The van der Waals surface area contributed by atoms with Crippen molar-refractivity contribution in [1.29, 1.82) is 0 Å². The fourth-order valence-electron chi connectivity index (χ4n) is 3.56. The lowest BCUT2D eigenvalue weighted by molar-refractivity contribution is 0.693. The van der Waals surface area contributed by atoms with Crippen LogP contribution in [0.15, 0.2) is 85.1 Å². The third kappa shape index (κ3) is 4.97. The molecule has 0 saturated carbocycles. The molecular weight excluding hydrogens is 368 g/mol. The molecule has 0 atom stereocenters. The van der Waals surface area contributed by atoms with Crippen molar-refractivity contribution in [3.8, 4) is 0 Å². The van der Waals surface area contributed by atoms with Gasteiger partial charge in [0.05, 0.1) is 5.52 Å². The molecule has 4 heteroatoms. The molecule has 0 aliphatic carbocycles. The van der Waals surface area contributed by atoms with Crippen LogP contribution < -0.4 is 15.5 Å². The van der Waals surface area contributed by atoms with Gasteiger partial charge in [-0.2, -0.15) is 0 Å². The summed E-state index contributed by atoms with van der Waals surface area (Å²) in [5.74, 6) is 0. The molecular formula is C26H28N4. The Morgan fingerprint density at radius 1 is 0.733 bits per heavy atom. The summed E-state index contributed by atoms with van der Waals surface area (Å²) in [5, 5.41) is 8.26. The summed E-state index contributed by atoms with van der Waals surface area (Å²) in [6.45, 7) is 2.51. The SMILES string of the molecule is CN(C)c1ccc2c(NCc3cccc(CNCc4ccccc4)c3)ccnc2c1. The lowest BCUT2D eigenvalue weighted by Crippen LogP contribution is -2.12. The maximum absolute atomic E-state index is 4.54. The van der Waals surface area contributed by atoms with Crippen molar-refractivity contribution in [3.05, 3.63) is 102 Å². The van der Waals surface area contributed by atoms with E-state index < -0.39 is 0 Å². The molecule has 0 fully saturated rings. The highest BCUT2D eigenvalue weighted by atomic mass is 15.1. The van der Waals surface area contributed by atoms with E-state index >= 15 is 0 Å². The predicted molar refractivity (Wildman–Crippen MR) is 127 cm³/mol. The van der Waals surface area contributed by atoms with Crippen LogP contribution in [0.25, 0.3) is 10.9 Å². The number of fused-ring (bicyclic) bond motifs is 1. The van der Waals surface area contributed by atoms with E-state index in [0.717, 1.165) is 41.9 Å². The third-order valence-corrected chi connectivity index (χ3v) is 5.22. The molecule has 0 spiro atoms. The van der Waals surface area contributed by atoms with Crippen LogP contribution in [0.2, 0.25) is 0 Å². The van der Waals surface area contributed by atoms with E-state index in [-0.39, 0.29) is 0 Å². The van der Waals surface area contributed by atoms with E-state index in [0.29, 0.717) is 0 Å². The van der Waals surface area contributed by atoms with Gasteiger partial charge in [0.2, 0.25) is 0 Å². The second-order valence-electron chi connectivity index (χ2n) is 7.72. The van der Waals surface area contributed by atoms with Crippen LogP contribution in [-0.4, -0.2) is 19.1 Å². The molecule has 2 N–H and O–H groups in total. The Kier molecular flexibility index (Phi) is 6.26. The Morgan fingerprint density at radius 3 is 2.27 bits per heavy atom. The Labute approximate surface area is 178 Å². The Hall–Kier alpha value is -3.37. The van der Waals surface area contributed by atoms with Gasteiger partial charge in [-0.25, -0.2) is 0 Å². The van der Waals surface area contributed by atoms with Gasteiger partial charge in [-0.1, -0.05) is 54.6 Å². The van der Waals surface area contributed by atoms with Crippen molar-refractivity contribution in [2.75, 3.05) is 24.3 Å². The van der Waals surface area contributed by atoms with Crippen LogP contribution in [0.3, 0.4) is 0 Å². The van der Waals surface area contributed by atoms with E-state index in [2.05, 4.69) is 87.2 Å². The number of aromatic nitrogens is 1. The first-order chi connectivity index (χ1) is 14.7. The average molecular weight is 397 g/mol. The smallest absolute Gasteiger partial charge is 0.0743 e. The van der Waals surface area contributed by atoms with Gasteiger partial charge in [-0.05, 0) is 41.0 Å². The minimum Gasteiger partial charge on any atom is -0.380 e. The number of nitrogens with one attached hydrogen (secondary N) is 2. The van der Waals surface area contributed by atoms with Crippen molar-refractivity contribution < 1.29 is 0 Å². The van der Waals surface area contributed by atoms with Crippen molar-refractivity contribution in [2.45, 2.75) is 19.6 Å². The van der Waals surface area contributed by atoms with Crippen LogP contribution in [-0.2, 0) is 19.6 Å². The number of rotatable bonds is 8. The average Bonchev–Trinajstić information content (AvgIpc) is 2.78. The first-order valence-electron chi connectivity index (χ1n) is 10.3. The van der Waals surface area contributed by atoms with Gasteiger partial charge in [0.15, 0.2) is 0 Å². The van der Waals surface area contributed by atoms with Crippen LogP contribution in [0, 0.1) is 0 Å².